The molecule has 4 aromatic rings. The van der Waals surface area contributed by atoms with Gasteiger partial charge in [0, 0.05) is 35.9 Å². The zero-order valence-electron chi connectivity index (χ0n) is 22.0. The number of sulfonamides is 1. The average Bonchev–Trinajstić information content (AvgIpc) is 2.90. The molecule has 0 aliphatic carbocycles. The predicted molar refractivity (Wildman–Crippen MR) is 152 cm³/mol. The first-order chi connectivity index (χ1) is 18.6. The van der Waals surface area contributed by atoms with Gasteiger partial charge in [-0.05, 0) is 68.7 Å². The maximum absolute atomic E-state index is 15.3. The minimum absolute atomic E-state index is 0.168. The molecule has 12 heteroatoms. The van der Waals surface area contributed by atoms with Crippen molar-refractivity contribution in [1.29, 1.82) is 0 Å². The second kappa shape index (κ2) is 13.3. The number of anilines is 3. The normalized spacial score (nSPS) is 11.2. The van der Waals surface area contributed by atoms with Gasteiger partial charge in [0.1, 0.15) is 11.6 Å². The third-order valence-corrected chi connectivity index (χ3v) is 6.95. The summed E-state index contributed by atoms with van der Waals surface area (Å²) >= 11 is 0. The molecule has 0 aliphatic rings. The standard InChI is InChI=1S/C23H22F2N6O2S.C4H10O/c1-13-10-15(16-4-2-5-18(20(16)25)31-34(32,33)9-3-8-24)11-17-21(13)29-23(30-22(17)27)14-6-7-19(26)28-12-14;1-3-5-4-2/h2,4-7,10-12,31H,3,8-9H2,1H3,(H2,26,28)(H2,27,29,30);3-4H2,1-2H3. The summed E-state index contributed by atoms with van der Waals surface area (Å²) in [6, 6.07) is 11.1. The van der Waals surface area contributed by atoms with Gasteiger partial charge in [0.2, 0.25) is 10.0 Å². The van der Waals surface area contributed by atoms with E-state index in [9.17, 15) is 12.8 Å². The first kappa shape index (κ1) is 29.7. The number of hydrogen-bond donors (Lipinski definition) is 3. The van der Waals surface area contributed by atoms with Crippen LogP contribution in [0.25, 0.3) is 33.4 Å². The van der Waals surface area contributed by atoms with Crippen molar-refractivity contribution in [3.63, 3.8) is 0 Å². The van der Waals surface area contributed by atoms with E-state index >= 15 is 4.39 Å². The molecule has 2 heterocycles. The summed E-state index contributed by atoms with van der Waals surface area (Å²) in [6.45, 7) is 6.70. The monoisotopic (exact) mass is 558 g/mol. The van der Waals surface area contributed by atoms with E-state index in [1.54, 1.807) is 30.5 Å². The van der Waals surface area contributed by atoms with Gasteiger partial charge >= 0.3 is 0 Å². The van der Waals surface area contributed by atoms with Gasteiger partial charge < -0.3 is 16.2 Å². The van der Waals surface area contributed by atoms with Crippen molar-refractivity contribution in [3.8, 4) is 22.5 Å². The van der Waals surface area contributed by atoms with Crippen LogP contribution in [0.15, 0.2) is 48.7 Å². The third kappa shape index (κ3) is 7.58. The molecule has 0 bridgehead atoms. The lowest BCUT2D eigenvalue weighted by Gasteiger charge is -2.13. The molecule has 0 spiro atoms. The largest absolute Gasteiger partial charge is 0.384 e. The molecule has 0 radical (unpaired) electrons. The van der Waals surface area contributed by atoms with Crippen molar-refractivity contribution in [3.05, 3.63) is 60.0 Å². The fourth-order valence-electron chi connectivity index (χ4n) is 3.75. The Bertz CT molecular complexity index is 1530. The molecule has 2 aromatic heterocycles. The number of nitrogens with one attached hydrogen (secondary N) is 1. The highest BCUT2D eigenvalue weighted by molar-refractivity contribution is 7.92. The number of benzene rings is 2. The maximum Gasteiger partial charge on any atom is 0.232 e. The minimum Gasteiger partial charge on any atom is -0.384 e. The number of alkyl halides is 1. The van der Waals surface area contributed by atoms with E-state index in [0.29, 0.717) is 33.7 Å². The number of halogens is 2. The Labute approximate surface area is 226 Å². The van der Waals surface area contributed by atoms with E-state index in [-0.39, 0.29) is 23.5 Å². The fraction of sp³-hybridized carbons (Fsp3) is 0.296. The van der Waals surface area contributed by atoms with Crippen LogP contribution in [0.4, 0.5) is 26.1 Å². The summed E-state index contributed by atoms with van der Waals surface area (Å²) in [5, 5.41) is 0.524. The molecule has 0 fully saturated rings. The van der Waals surface area contributed by atoms with Gasteiger partial charge in [-0.2, -0.15) is 0 Å². The second-order valence-electron chi connectivity index (χ2n) is 8.51. The number of rotatable bonds is 9. The molecule has 9 nitrogen and oxygen atoms in total. The highest BCUT2D eigenvalue weighted by atomic mass is 32.2. The summed E-state index contributed by atoms with van der Waals surface area (Å²) in [6.07, 6.45) is 1.38. The van der Waals surface area contributed by atoms with Crippen LogP contribution in [0.3, 0.4) is 0 Å². The van der Waals surface area contributed by atoms with Crippen molar-refractivity contribution in [2.75, 3.05) is 41.8 Å². The summed E-state index contributed by atoms with van der Waals surface area (Å²) in [4.78, 5) is 13.0. The number of nitrogens with two attached hydrogens (primary N) is 2. The fourth-order valence-corrected chi connectivity index (χ4v) is 4.84. The highest BCUT2D eigenvalue weighted by Gasteiger charge is 2.18. The van der Waals surface area contributed by atoms with E-state index < -0.39 is 28.3 Å². The Balaban J connectivity index is 0.000000771. The quantitative estimate of drug-likeness (QED) is 0.257. The predicted octanol–water partition coefficient (Wildman–Crippen LogP) is 5.11. The van der Waals surface area contributed by atoms with Gasteiger partial charge in [-0.3, -0.25) is 9.11 Å². The number of aryl methyl sites for hydroxylation is 1. The van der Waals surface area contributed by atoms with Crippen LogP contribution in [0.1, 0.15) is 25.8 Å². The van der Waals surface area contributed by atoms with Crippen molar-refractivity contribution in [1.82, 2.24) is 15.0 Å². The molecule has 2 aromatic carbocycles. The Hall–Kier alpha value is -3.90. The Kier molecular flexibility index (Phi) is 10.1. The number of ether oxygens (including phenoxy) is 1. The maximum atomic E-state index is 15.3. The topological polar surface area (TPSA) is 146 Å². The third-order valence-electron chi connectivity index (χ3n) is 5.60. The SMILES string of the molecule is CCOCC.Cc1cc(-c2cccc(NS(=O)(=O)CCCF)c2F)cc2c(N)nc(-c3ccc(N)nc3)nc12. The number of hydrogen-bond acceptors (Lipinski definition) is 8. The van der Waals surface area contributed by atoms with Crippen LogP contribution in [-0.4, -0.2) is 49.0 Å². The van der Waals surface area contributed by atoms with Crippen LogP contribution in [0, 0.1) is 12.7 Å². The first-order valence-corrected chi connectivity index (χ1v) is 14.0. The van der Waals surface area contributed by atoms with Gasteiger partial charge in [0.05, 0.1) is 23.6 Å². The molecule has 39 heavy (non-hydrogen) atoms. The summed E-state index contributed by atoms with van der Waals surface area (Å²) < 4.78 is 58.9. The van der Waals surface area contributed by atoms with E-state index in [4.69, 9.17) is 16.2 Å². The van der Waals surface area contributed by atoms with Gasteiger partial charge in [0.15, 0.2) is 11.6 Å². The smallest absolute Gasteiger partial charge is 0.232 e. The minimum atomic E-state index is -3.88. The van der Waals surface area contributed by atoms with Crippen molar-refractivity contribution in [2.24, 2.45) is 0 Å². The molecule has 0 atom stereocenters. The Morgan fingerprint density at radius 3 is 2.38 bits per heavy atom. The molecule has 208 valence electrons. The molecule has 0 unspecified atom stereocenters. The molecule has 5 N–H and O–H groups in total. The van der Waals surface area contributed by atoms with Crippen LogP contribution in [0.2, 0.25) is 0 Å². The van der Waals surface area contributed by atoms with E-state index in [1.807, 2.05) is 20.8 Å². The highest BCUT2D eigenvalue weighted by Crippen LogP contribution is 2.34. The summed E-state index contributed by atoms with van der Waals surface area (Å²) in [5.74, 6) is -0.252. The van der Waals surface area contributed by atoms with Crippen LogP contribution in [0.5, 0.6) is 0 Å². The lowest BCUT2D eigenvalue weighted by atomic mass is 9.99. The van der Waals surface area contributed by atoms with Gasteiger partial charge in [-0.25, -0.2) is 27.8 Å². The summed E-state index contributed by atoms with van der Waals surface area (Å²) in [5.41, 5.74) is 14.2. The molecular weight excluding hydrogens is 526 g/mol. The number of aromatic nitrogens is 3. The van der Waals surface area contributed by atoms with E-state index in [2.05, 4.69) is 19.7 Å². The van der Waals surface area contributed by atoms with Crippen molar-refractivity contribution < 1.29 is 21.9 Å². The zero-order valence-corrected chi connectivity index (χ0v) is 22.9. The molecule has 0 amide bonds. The zero-order chi connectivity index (χ0) is 28.6. The van der Waals surface area contributed by atoms with Crippen molar-refractivity contribution >= 4 is 38.2 Å². The molecule has 0 saturated carbocycles. The lowest BCUT2D eigenvalue weighted by Crippen LogP contribution is -2.18. The second-order valence-corrected chi connectivity index (χ2v) is 10.3. The lowest BCUT2D eigenvalue weighted by molar-refractivity contribution is 0.162. The molecular formula is C27H32F2N6O3S. The number of nitrogen functional groups attached to an aromatic ring is 2. The molecule has 4 rings (SSSR count). The van der Waals surface area contributed by atoms with E-state index in [1.165, 1.54) is 18.2 Å². The van der Waals surface area contributed by atoms with Crippen LogP contribution >= 0.6 is 0 Å². The molecule has 0 aliphatic heterocycles. The first-order valence-electron chi connectivity index (χ1n) is 12.3. The number of fused-ring (bicyclic) bond motifs is 1. The van der Waals surface area contributed by atoms with E-state index in [0.717, 1.165) is 18.8 Å². The van der Waals surface area contributed by atoms with Gasteiger partial charge in [-0.1, -0.05) is 12.1 Å². The average molecular weight is 559 g/mol. The number of nitrogens with zero attached hydrogens (tertiary/aromatic N) is 3. The van der Waals surface area contributed by atoms with Gasteiger partial charge in [-0.15, -0.1) is 0 Å². The van der Waals surface area contributed by atoms with Gasteiger partial charge in [0.25, 0.3) is 0 Å². The van der Waals surface area contributed by atoms with Crippen molar-refractivity contribution in [2.45, 2.75) is 27.2 Å². The Morgan fingerprint density at radius 2 is 1.77 bits per heavy atom. The van der Waals surface area contributed by atoms with Crippen LogP contribution in [-0.2, 0) is 14.8 Å². The number of pyridine rings is 1. The Morgan fingerprint density at radius 1 is 1.03 bits per heavy atom. The van der Waals surface area contributed by atoms with Crippen LogP contribution < -0.4 is 16.2 Å². The summed E-state index contributed by atoms with van der Waals surface area (Å²) in [7, 11) is -3.88. The molecule has 0 saturated heterocycles.